The van der Waals surface area contributed by atoms with Crippen molar-refractivity contribution in [1.29, 1.82) is 0 Å². The Balaban J connectivity index is 3.29. The van der Waals surface area contributed by atoms with Gasteiger partial charge in [0.15, 0.2) is 0 Å². The molecule has 0 saturated heterocycles. The van der Waals surface area contributed by atoms with Crippen LogP contribution in [-0.2, 0) is 16.6 Å². The molecular weight excluding hydrogens is 243 g/mol. The molecule has 0 aromatic heterocycles. The highest BCUT2D eigenvalue weighted by molar-refractivity contribution is 7.89. The first-order chi connectivity index (χ1) is 7.77. The molecule has 0 atom stereocenters. The third kappa shape index (κ3) is 3.24. The lowest BCUT2D eigenvalue weighted by Gasteiger charge is -2.12. The van der Waals surface area contributed by atoms with E-state index in [1.54, 1.807) is 13.8 Å². The largest absolute Gasteiger partial charge is 0.326 e. The Morgan fingerprint density at radius 3 is 2.47 bits per heavy atom. The molecule has 0 heterocycles. The topological polar surface area (TPSA) is 72.2 Å². The summed E-state index contributed by atoms with van der Waals surface area (Å²) < 4.78 is 39.8. The maximum Gasteiger partial charge on any atom is 0.240 e. The van der Waals surface area contributed by atoms with Crippen molar-refractivity contribution < 1.29 is 12.8 Å². The third-order valence-corrected chi connectivity index (χ3v) is 3.86. The second-order valence-electron chi connectivity index (χ2n) is 4.19. The van der Waals surface area contributed by atoms with E-state index in [9.17, 15) is 12.8 Å². The smallest absolute Gasteiger partial charge is 0.240 e. The Labute approximate surface area is 101 Å². The molecule has 1 aromatic carbocycles. The fourth-order valence-corrected chi connectivity index (χ4v) is 2.87. The number of hydrogen-bond acceptors (Lipinski definition) is 3. The van der Waals surface area contributed by atoms with Crippen molar-refractivity contribution in [2.75, 3.05) is 0 Å². The van der Waals surface area contributed by atoms with Gasteiger partial charge in [-0.3, -0.25) is 0 Å². The van der Waals surface area contributed by atoms with E-state index in [4.69, 9.17) is 5.73 Å². The fraction of sp³-hybridized carbons (Fsp3) is 0.455. The summed E-state index contributed by atoms with van der Waals surface area (Å²) in [5, 5.41) is 0. The van der Waals surface area contributed by atoms with Crippen LogP contribution in [0, 0.1) is 12.7 Å². The Morgan fingerprint density at radius 1 is 1.41 bits per heavy atom. The van der Waals surface area contributed by atoms with Gasteiger partial charge in [-0.2, -0.15) is 0 Å². The lowest BCUT2D eigenvalue weighted by molar-refractivity contribution is 0.567. The molecule has 0 radical (unpaired) electrons. The van der Waals surface area contributed by atoms with E-state index in [1.807, 2.05) is 0 Å². The quantitative estimate of drug-likeness (QED) is 0.856. The molecule has 0 aliphatic heterocycles. The van der Waals surface area contributed by atoms with E-state index in [0.717, 1.165) is 0 Å². The summed E-state index contributed by atoms with van der Waals surface area (Å²) in [6.07, 6.45) is 0. The van der Waals surface area contributed by atoms with Crippen molar-refractivity contribution in [3.63, 3.8) is 0 Å². The number of aryl methyl sites for hydroxylation is 1. The fourth-order valence-electron chi connectivity index (χ4n) is 1.49. The molecule has 0 spiro atoms. The first-order valence-corrected chi connectivity index (χ1v) is 6.77. The molecule has 0 bridgehead atoms. The van der Waals surface area contributed by atoms with Crippen molar-refractivity contribution in [3.8, 4) is 0 Å². The van der Waals surface area contributed by atoms with E-state index in [-0.39, 0.29) is 28.6 Å². The minimum atomic E-state index is -3.60. The van der Waals surface area contributed by atoms with Crippen LogP contribution in [0.25, 0.3) is 0 Å². The molecular formula is C11H17FN2O2S. The Morgan fingerprint density at radius 2 is 2.00 bits per heavy atom. The SMILES string of the molecule is Cc1cc(S(=O)(=O)NC(C)C)cc(CN)c1F. The Kier molecular flexibility index (Phi) is 4.24. The van der Waals surface area contributed by atoms with Crippen LogP contribution in [0.4, 0.5) is 4.39 Å². The summed E-state index contributed by atoms with van der Waals surface area (Å²) in [5.41, 5.74) is 5.86. The van der Waals surface area contributed by atoms with Gasteiger partial charge in [0.25, 0.3) is 0 Å². The van der Waals surface area contributed by atoms with Gasteiger partial charge in [0, 0.05) is 18.2 Å². The zero-order chi connectivity index (χ0) is 13.2. The highest BCUT2D eigenvalue weighted by Gasteiger charge is 2.18. The van der Waals surface area contributed by atoms with Crippen molar-refractivity contribution in [3.05, 3.63) is 29.1 Å². The summed E-state index contributed by atoms with van der Waals surface area (Å²) in [5.74, 6) is -0.448. The number of sulfonamides is 1. The number of benzene rings is 1. The average molecular weight is 260 g/mol. The molecule has 17 heavy (non-hydrogen) atoms. The molecule has 0 aliphatic carbocycles. The molecule has 4 nitrogen and oxygen atoms in total. The van der Waals surface area contributed by atoms with E-state index >= 15 is 0 Å². The van der Waals surface area contributed by atoms with Crippen LogP contribution in [-0.4, -0.2) is 14.5 Å². The molecule has 0 unspecified atom stereocenters. The van der Waals surface area contributed by atoms with Gasteiger partial charge in [0.05, 0.1) is 4.90 Å². The van der Waals surface area contributed by atoms with Crippen LogP contribution in [0.1, 0.15) is 25.0 Å². The predicted molar refractivity (Wildman–Crippen MR) is 64.5 cm³/mol. The van der Waals surface area contributed by atoms with Gasteiger partial charge in [-0.15, -0.1) is 0 Å². The zero-order valence-corrected chi connectivity index (χ0v) is 10.9. The van der Waals surface area contributed by atoms with Crippen molar-refractivity contribution in [2.24, 2.45) is 5.73 Å². The minimum absolute atomic E-state index is 0.0300. The Bertz CT molecular complexity index is 512. The maximum absolute atomic E-state index is 13.5. The predicted octanol–water partition coefficient (Wildman–Crippen LogP) is 1.28. The summed E-state index contributed by atoms with van der Waals surface area (Å²) in [7, 11) is -3.60. The summed E-state index contributed by atoms with van der Waals surface area (Å²) in [4.78, 5) is 0.0468. The van der Waals surface area contributed by atoms with Gasteiger partial charge in [0.1, 0.15) is 5.82 Å². The van der Waals surface area contributed by atoms with Gasteiger partial charge in [-0.1, -0.05) is 0 Å². The first kappa shape index (κ1) is 14.1. The maximum atomic E-state index is 13.5. The van der Waals surface area contributed by atoms with Gasteiger partial charge in [-0.05, 0) is 38.5 Å². The molecule has 1 rings (SSSR count). The number of hydrogen-bond donors (Lipinski definition) is 2. The van der Waals surface area contributed by atoms with Gasteiger partial charge in [0.2, 0.25) is 10.0 Å². The lowest BCUT2D eigenvalue weighted by Crippen LogP contribution is -2.30. The van der Waals surface area contributed by atoms with E-state index < -0.39 is 15.8 Å². The second-order valence-corrected chi connectivity index (χ2v) is 5.91. The van der Waals surface area contributed by atoms with Crippen LogP contribution in [0.3, 0.4) is 0 Å². The molecule has 1 aromatic rings. The van der Waals surface area contributed by atoms with E-state index in [2.05, 4.69) is 4.72 Å². The summed E-state index contributed by atoms with van der Waals surface area (Å²) in [6.45, 7) is 4.93. The lowest BCUT2D eigenvalue weighted by atomic mass is 10.1. The second kappa shape index (κ2) is 5.12. The molecule has 3 N–H and O–H groups in total. The van der Waals surface area contributed by atoms with Crippen molar-refractivity contribution >= 4 is 10.0 Å². The number of nitrogens with one attached hydrogen (secondary N) is 1. The molecule has 0 aliphatic rings. The van der Waals surface area contributed by atoms with Crippen LogP contribution in [0.2, 0.25) is 0 Å². The van der Waals surface area contributed by atoms with E-state index in [1.165, 1.54) is 19.1 Å². The average Bonchev–Trinajstić information content (AvgIpc) is 2.19. The van der Waals surface area contributed by atoms with Crippen LogP contribution < -0.4 is 10.5 Å². The van der Waals surface area contributed by atoms with Crippen molar-refractivity contribution in [2.45, 2.75) is 38.3 Å². The molecule has 0 saturated carbocycles. The molecule has 96 valence electrons. The number of nitrogens with two attached hydrogens (primary N) is 1. The first-order valence-electron chi connectivity index (χ1n) is 5.29. The van der Waals surface area contributed by atoms with Crippen LogP contribution in [0.15, 0.2) is 17.0 Å². The van der Waals surface area contributed by atoms with Crippen LogP contribution >= 0.6 is 0 Å². The molecule has 0 fully saturated rings. The van der Waals surface area contributed by atoms with Gasteiger partial charge in [-0.25, -0.2) is 17.5 Å². The molecule has 0 amide bonds. The number of rotatable bonds is 4. The number of halogens is 1. The highest BCUT2D eigenvalue weighted by atomic mass is 32.2. The third-order valence-electron chi connectivity index (χ3n) is 2.22. The van der Waals surface area contributed by atoms with Crippen molar-refractivity contribution in [1.82, 2.24) is 4.72 Å². The minimum Gasteiger partial charge on any atom is -0.326 e. The summed E-state index contributed by atoms with van der Waals surface area (Å²) >= 11 is 0. The van der Waals surface area contributed by atoms with Crippen LogP contribution in [0.5, 0.6) is 0 Å². The molecule has 6 heteroatoms. The summed E-state index contributed by atoms with van der Waals surface area (Å²) in [6, 6.07) is 2.36. The van der Waals surface area contributed by atoms with Gasteiger partial charge >= 0.3 is 0 Å². The monoisotopic (exact) mass is 260 g/mol. The van der Waals surface area contributed by atoms with Gasteiger partial charge < -0.3 is 5.73 Å². The van der Waals surface area contributed by atoms with E-state index in [0.29, 0.717) is 0 Å². The Hall–Kier alpha value is -0.980. The highest BCUT2D eigenvalue weighted by Crippen LogP contribution is 2.19. The normalized spacial score (nSPS) is 12.1. The standard InChI is InChI=1S/C11H17FN2O2S/c1-7(2)14-17(15,16)10-4-8(3)11(12)9(5-10)6-13/h4-5,7,14H,6,13H2,1-3H3. The zero-order valence-electron chi connectivity index (χ0n) is 10.1.